The average Bonchev–Trinajstić information content (AvgIpc) is 3.03. The van der Waals surface area contributed by atoms with Gasteiger partial charge in [0, 0.05) is 17.3 Å². The lowest BCUT2D eigenvalue weighted by Gasteiger charge is -2.20. The first-order valence-electron chi connectivity index (χ1n) is 7.09. The van der Waals surface area contributed by atoms with Gasteiger partial charge in [-0.25, -0.2) is 4.79 Å². The van der Waals surface area contributed by atoms with Crippen molar-refractivity contribution in [2.45, 2.75) is 25.7 Å². The second-order valence-corrected chi connectivity index (χ2v) is 5.84. The number of carbonyl (C=O) groups excluding carboxylic acids is 2. The highest BCUT2D eigenvalue weighted by Gasteiger charge is 2.42. The van der Waals surface area contributed by atoms with Gasteiger partial charge in [0.1, 0.15) is 0 Å². The summed E-state index contributed by atoms with van der Waals surface area (Å²) >= 11 is 0. The summed E-state index contributed by atoms with van der Waals surface area (Å²) in [6.45, 7) is 0. The number of anilines is 2. The number of hydrogen-bond donors (Lipinski definition) is 3. The second-order valence-electron chi connectivity index (χ2n) is 5.84. The van der Waals surface area contributed by atoms with E-state index in [0.717, 1.165) is 18.0 Å². The summed E-state index contributed by atoms with van der Waals surface area (Å²) < 4.78 is 0. The summed E-state index contributed by atoms with van der Waals surface area (Å²) in [6.07, 6.45) is 4.75. The van der Waals surface area contributed by atoms with Crippen LogP contribution in [0.3, 0.4) is 0 Å². The fourth-order valence-electron chi connectivity index (χ4n) is 3.58. The third kappa shape index (κ3) is 2.61. The fraction of sp³-hybridized carbons (Fsp3) is 0.467. The Morgan fingerprint density at radius 1 is 1.00 bits per heavy atom. The van der Waals surface area contributed by atoms with Gasteiger partial charge in [-0.3, -0.25) is 4.79 Å². The molecule has 20 heavy (non-hydrogen) atoms. The molecular formula is C15H19N3O2. The summed E-state index contributed by atoms with van der Waals surface area (Å²) in [5.41, 5.74) is 6.42. The van der Waals surface area contributed by atoms with Crippen molar-refractivity contribution in [1.82, 2.24) is 0 Å². The van der Waals surface area contributed by atoms with Crippen molar-refractivity contribution < 1.29 is 9.59 Å². The number of fused-ring (bicyclic) bond motifs is 2. The molecule has 0 spiro atoms. The van der Waals surface area contributed by atoms with E-state index in [4.69, 9.17) is 5.73 Å². The molecule has 3 amide bonds. The van der Waals surface area contributed by atoms with Crippen LogP contribution in [0.15, 0.2) is 24.3 Å². The number of amides is 3. The zero-order chi connectivity index (χ0) is 14.1. The van der Waals surface area contributed by atoms with Gasteiger partial charge in [0.15, 0.2) is 0 Å². The number of nitrogens with one attached hydrogen (secondary N) is 2. The van der Waals surface area contributed by atoms with Gasteiger partial charge in [-0.15, -0.1) is 0 Å². The second kappa shape index (κ2) is 5.15. The summed E-state index contributed by atoms with van der Waals surface area (Å²) in [5.74, 6) is 1.65. The van der Waals surface area contributed by atoms with Gasteiger partial charge < -0.3 is 16.4 Å². The van der Waals surface area contributed by atoms with Crippen LogP contribution < -0.4 is 16.4 Å². The fourth-order valence-corrected chi connectivity index (χ4v) is 3.58. The molecule has 0 radical (unpaired) electrons. The predicted octanol–water partition coefficient (Wildman–Crippen LogP) is 2.55. The van der Waals surface area contributed by atoms with Crippen molar-refractivity contribution in [1.29, 1.82) is 0 Å². The molecule has 4 N–H and O–H groups in total. The number of rotatable bonds is 3. The molecule has 2 aliphatic rings. The molecule has 0 aromatic heterocycles. The van der Waals surface area contributed by atoms with Gasteiger partial charge in [-0.05, 0) is 55.4 Å². The molecule has 5 heteroatoms. The van der Waals surface area contributed by atoms with E-state index in [1.54, 1.807) is 24.3 Å². The normalized spacial score (nSPS) is 27.3. The average molecular weight is 273 g/mol. The minimum atomic E-state index is -0.594. The van der Waals surface area contributed by atoms with Crippen LogP contribution in [0.25, 0.3) is 0 Å². The quantitative estimate of drug-likeness (QED) is 0.790. The number of benzene rings is 1. The minimum Gasteiger partial charge on any atom is -0.351 e. The van der Waals surface area contributed by atoms with Crippen LogP contribution in [-0.4, -0.2) is 11.9 Å². The van der Waals surface area contributed by atoms with Crippen molar-refractivity contribution in [3.8, 4) is 0 Å². The zero-order valence-corrected chi connectivity index (χ0v) is 11.3. The van der Waals surface area contributed by atoms with Crippen molar-refractivity contribution in [3.05, 3.63) is 24.3 Å². The summed E-state index contributed by atoms with van der Waals surface area (Å²) in [5, 5.41) is 5.45. The molecular weight excluding hydrogens is 254 g/mol. The number of urea groups is 1. The molecule has 2 saturated carbocycles. The summed E-state index contributed by atoms with van der Waals surface area (Å²) in [4.78, 5) is 23.0. The van der Waals surface area contributed by atoms with Gasteiger partial charge in [0.2, 0.25) is 5.91 Å². The molecule has 0 saturated heterocycles. The van der Waals surface area contributed by atoms with Crippen LogP contribution in [0.2, 0.25) is 0 Å². The highest BCUT2D eigenvalue weighted by atomic mass is 16.2. The predicted molar refractivity (Wildman–Crippen MR) is 77.2 cm³/mol. The van der Waals surface area contributed by atoms with Gasteiger partial charge in [-0.2, -0.15) is 0 Å². The monoisotopic (exact) mass is 273 g/mol. The molecule has 5 nitrogen and oxygen atoms in total. The summed E-state index contributed by atoms with van der Waals surface area (Å²) in [6, 6.07) is 6.40. The Bertz CT molecular complexity index is 526. The number of primary amides is 1. The van der Waals surface area contributed by atoms with Crippen LogP contribution >= 0.6 is 0 Å². The van der Waals surface area contributed by atoms with Crippen LogP contribution in [0.5, 0.6) is 0 Å². The number of nitrogens with two attached hydrogens (primary N) is 1. The van der Waals surface area contributed by atoms with Crippen LogP contribution in [-0.2, 0) is 4.79 Å². The first-order chi connectivity index (χ1) is 9.61. The lowest BCUT2D eigenvalue weighted by Crippen LogP contribution is -2.27. The molecule has 2 bridgehead atoms. The summed E-state index contributed by atoms with van der Waals surface area (Å²) in [7, 11) is 0. The van der Waals surface area contributed by atoms with Crippen molar-refractivity contribution in [2.75, 3.05) is 10.6 Å². The van der Waals surface area contributed by atoms with E-state index in [0.29, 0.717) is 11.6 Å². The molecule has 2 aliphatic carbocycles. The Morgan fingerprint density at radius 3 is 2.15 bits per heavy atom. The van der Waals surface area contributed by atoms with Crippen molar-refractivity contribution in [3.63, 3.8) is 0 Å². The smallest absolute Gasteiger partial charge is 0.316 e. The molecule has 1 aromatic carbocycles. The third-order valence-electron chi connectivity index (χ3n) is 4.49. The van der Waals surface area contributed by atoms with Crippen LogP contribution in [0.4, 0.5) is 16.2 Å². The van der Waals surface area contributed by atoms with E-state index in [2.05, 4.69) is 10.6 Å². The lowest BCUT2D eigenvalue weighted by molar-refractivity contribution is -0.121. The first-order valence-corrected chi connectivity index (χ1v) is 7.09. The van der Waals surface area contributed by atoms with Crippen LogP contribution in [0.1, 0.15) is 25.7 Å². The van der Waals surface area contributed by atoms with E-state index in [-0.39, 0.29) is 11.8 Å². The molecule has 2 fully saturated rings. The SMILES string of the molecule is NC(=O)Nc1ccc(NC(=O)C2CC3CCC2C3)cc1. The van der Waals surface area contributed by atoms with Gasteiger partial charge in [0.05, 0.1) is 0 Å². The first kappa shape index (κ1) is 13.0. The van der Waals surface area contributed by atoms with Gasteiger partial charge in [-0.1, -0.05) is 6.42 Å². The topological polar surface area (TPSA) is 84.2 Å². The highest BCUT2D eigenvalue weighted by molar-refractivity contribution is 5.93. The maximum atomic E-state index is 12.3. The Morgan fingerprint density at radius 2 is 1.65 bits per heavy atom. The maximum Gasteiger partial charge on any atom is 0.316 e. The van der Waals surface area contributed by atoms with Crippen molar-refractivity contribution >= 4 is 23.3 Å². The molecule has 3 atom stereocenters. The zero-order valence-electron chi connectivity index (χ0n) is 11.3. The van der Waals surface area contributed by atoms with Gasteiger partial charge in [0.25, 0.3) is 0 Å². The van der Waals surface area contributed by atoms with E-state index in [1.807, 2.05) is 0 Å². The van der Waals surface area contributed by atoms with E-state index in [9.17, 15) is 9.59 Å². The minimum absolute atomic E-state index is 0.132. The standard InChI is InChI=1S/C15H19N3O2/c16-15(20)18-12-5-3-11(4-6-12)17-14(19)13-8-9-1-2-10(13)7-9/h3-6,9-10,13H,1-2,7-8H2,(H,17,19)(H3,16,18,20). The molecule has 3 rings (SSSR count). The van der Waals surface area contributed by atoms with E-state index >= 15 is 0 Å². The Labute approximate surface area is 117 Å². The largest absolute Gasteiger partial charge is 0.351 e. The maximum absolute atomic E-state index is 12.3. The van der Waals surface area contributed by atoms with E-state index < -0.39 is 6.03 Å². The van der Waals surface area contributed by atoms with E-state index in [1.165, 1.54) is 19.3 Å². The Kier molecular flexibility index (Phi) is 3.34. The van der Waals surface area contributed by atoms with Crippen molar-refractivity contribution in [2.24, 2.45) is 23.5 Å². The molecule has 0 heterocycles. The lowest BCUT2D eigenvalue weighted by atomic mass is 9.88. The molecule has 3 unspecified atom stereocenters. The Hall–Kier alpha value is -2.04. The van der Waals surface area contributed by atoms with Crippen LogP contribution in [0, 0.1) is 17.8 Å². The Balaban J connectivity index is 1.60. The van der Waals surface area contributed by atoms with Gasteiger partial charge >= 0.3 is 6.03 Å². The molecule has 106 valence electrons. The number of hydrogen-bond acceptors (Lipinski definition) is 2. The highest BCUT2D eigenvalue weighted by Crippen LogP contribution is 2.48. The number of carbonyl (C=O) groups is 2. The molecule has 1 aromatic rings. The third-order valence-corrected chi connectivity index (χ3v) is 4.49. The molecule has 0 aliphatic heterocycles.